The molecule has 0 spiro atoms. The summed E-state index contributed by atoms with van der Waals surface area (Å²) >= 11 is 0. The van der Waals surface area contributed by atoms with E-state index in [4.69, 9.17) is 4.74 Å². The van der Waals surface area contributed by atoms with Crippen molar-refractivity contribution in [3.8, 4) is 0 Å². The van der Waals surface area contributed by atoms with Gasteiger partial charge in [-0.05, 0) is 12.8 Å². The summed E-state index contributed by atoms with van der Waals surface area (Å²) in [4.78, 5) is 23.0. The molecule has 1 heterocycles. The molecule has 0 bridgehead atoms. The van der Waals surface area contributed by atoms with E-state index >= 15 is 0 Å². The quantitative estimate of drug-likeness (QED) is 0.569. The number of rotatable bonds is 7. The second-order valence-electron chi connectivity index (χ2n) is 4.45. The van der Waals surface area contributed by atoms with Crippen molar-refractivity contribution >= 4 is 11.8 Å². The summed E-state index contributed by atoms with van der Waals surface area (Å²) in [6, 6.07) is -0.200. The highest BCUT2D eigenvalue weighted by Crippen LogP contribution is 2.09. The van der Waals surface area contributed by atoms with Crippen molar-refractivity contribution in [1.29, 1.82) is 0 Å². The zero-order valence-corrected chi connectivity index (χ0v) is 11.1. The maximum atomic E-state index is 11.7. The number of carbonyl (C=O) groups excluding carboxylic acids is 2. The summed E-state index contributed by atoms with van der Waals surface area (Å²) in [6.07, 6.45) is 2.03. The van der Waals surface area contributed by atoms with Crippen molar-refractivity contribution in [1.82, 2.24) is 16.0 Å². The Kier molecular flexibility index (Phi) is 6.67. The maximum Gasteiger partial charge on any atom is 0.237 e. The summed E-state index contributed by atoms with van der Waals surface area (Å²) in [5.41, 5.74) is 0. The van der Waals surface area contributed by atoms with Crippen LogP contribution in [-0.4, -0.2) is 50.7 Å². The van der Waals surface area contributed by atoms with Gasteiger partial charge in [0, 0.05) is 33.2 Å². The molecule has 18 heavy (non-hydrogen) atoms. The Hall–Kier alpha value is -1.14. The maximum absolute atomic E-state index is 11.7. The molecule has 6 heteroatoms. The molecule has 0 aromatic carbocycles. The van der Waals surface area contributed by atoms with Gasteiger partial charge in [-0.1, -0.05) is 6.92 Å². The van der Waals surface area contributed by atoms with Gasteiger partial charge in [0.15, 0.2) is 0 Å². The van der Waals surface area contributed by atoms with Crippen molar-refractivity contribution in [2.45, 2.75) is 38.3 Å². The van der Waals surface area contributed by atoms with E-state index in [1.165, 1.54) is 0 Å². The van der Waals surface area contributed by atoms with E-state index in [9.17, 15) is 9.59 Å². The zero-order valence-electron chi connectivity index (χ0n) is 11.1. The normalized spacial score (nSPS) is 22.8. The van der Waals surface area contributed by atoms with E-state index in [0.717, 1.165) is 6.42 Å². The summed E-state index contributed by atoms with van der Waals surface area (Å²) < 4.78 is 5.17. The summed E-state index contributed by atoms with van der Waals surface area (Å²) in [5.74, 6) is -0.0795. The predicted molar refractivity (Wildman–Crippen MR) is 68.1 cm³/mol. The number of hydrogen-bond donors (Lipinski definition) is 3. The summed E-state index contributed by atoms with van der Waals surface area (Å²) in [5, 5.41) is 8.62. The van der Waals surface area contributed by atoms with Crippen LogP contribution in [-0.2, 0) is 14.3 Å². The number of amides is 2. The Labute approximate surface area is 108 Å². The lowest BCUT2D eigenvalue weighted by Crippen LogP contribution is -2.41. The molecule has 1 saturated heterocycles. The van der Waals surface area contributed by atoms with Crippen LogP contribution in [0.5, 0.6) is 0 Å². The van der Waals surface area contributed by atoms with Crippen LogP contribution in [0.3, 0.4) is 0 Å². The monoisotopic (exact) mass is 257 g/mol. The van der Waals surface area contributed by atoms with Gasteiger partial charge in [-0.15, -0.1) is 0 Å². The van der Waals surface area contributed by atoms with Crippen LogP contribution in [0, 0.1) is 0 Å². The van der Waals surface area contributed by atoms with Crippen LogP contribution in [0.2, 0.25) is 0 Å². The summed E-state index contributed by atoms with van der Waals surface area (Å²) in [7, 11) is 1.64. The van der Waals surface area contributed by atoms with Gasteiger partial charge in [0.2, 0.25) is 11.8 Å². The number of ether oxygens (including phenoxy) is 1. The Balaban J connectivity index is 2.12. The molecule has 3 N–H and O–H groups in total. The molecule has 0 aromatic rings. The molecule has 1 fully saturated rings. The molecular weight excluding hydrogens is 234 g/mol. The Morgan fingerprint density at radius 2 is 2.11 bits per heavy atom. The lowest BCUT2D eigenvalue weighted by molar-refractivity contribution is -0.123. The number of carbonyl (C=O) groups is 2. The van der Waals surface area contributed by atoms with E-state index in [1.54, 1.807) is 7.11 Å². The molecule has 0 radical (unpaired) electrons. The number of hydrogen-bond acceptors (Lipinski definition) is 4. The largest absolute Gasteiger partial charge is 0.380 e. The minimum Gasteiger partial charge on any atom is -0.380 e. The first-order valence-electron chi connectivity index (χ1n) is 6.48. The lowest BCUT2D eigenvalue weighted by atomic mass is 10.2. The van der Waals surface area contributed by atoms with Crippen LogP contribution < -0.4 is 16.0 Å². The second-order valence-corrected chi connectivity index (χ2v) is 4.45. The molecule has 2 unspecified atom stereocenters. The van der Waals surface area contributed by atoms with Gasteiger partial charge in [0.1, 0.15) is 0 Å². The first-order valence-corrected chi connectivity index (χ1v) is 6.48. The van der Waals surface area contributed by atoms with Gasteiger partial charge >= 0.3 is 0 Å². The second kappa shape index (κ2) is 8.05. The molecule has 1 rings (SSSR count). The third kappa shape index (κ3) is 5.01. The Bertz CT molecular complexity index is 284. The third-order valence-corrected chi connectivity index (χ3v) is 2.96. The minimum atomic E-state index is -0.200. The van der Waals surface area contributed by atoms with Gasteiger partial charge in [-0.3, -0.25) is 9.59 Å². The van der Waals surface area contributed by atoms with E-state index in [2.05, 4.69) is 16.0 Å². The van der Waals surface area contributed by atoms with Crippen LogP contribution in [0.4, 0.5) is 0 Å². The molecule has 1 aliphatic heterocycles. The lowest BCUT2D eigenvalue weighted by Gasteiger charge is -2.11. The average Bonchev–Trinajstić information content (AvgIpc) is 2.85. The van der Waals surface area contributed by atoms with E-state index < -0.39 is 0 Å². The zero-order chi connectivity index (χ0) is 13.4. The first kappa shape index (κ1) is 14.9. The van der Waals surface area contributed by atoms with Crippen LogP contribution >= 0.6 is 0 Å². The van der Waals surface area contributed by atoms with Crippen molar-refractivity contribution in [3.05, 3.63) is 0 Å². The van der Waals surface area contributed by atoms with Crippen LogP contribution in [0.15, 0.2) is 0 Å². The van der Waals surface area contributed by atoms with Gasteiger partial charge in [0.25, 0.3) is 0 Å². The highest BCUT2D eigenvalue weighted by Gasteiger charge is 2.28. The molecule has 0 aliphatic carbocycles. The van der Waals surface area contributed by atoms with Crippen molar-refractivity contribution in [3.63, 3.8) is 0 Å². The van der Waals surface area contributed by atoms with Gasteiger partial charge in [0.05, 0.1) is 12.1 Å². The fourth-order valence-corrected chi connectivity index (χ4v) is 1.86. The highest BCUT2D eigenvalue weighted by atomic mass is 16.5. The minimum absolute atomic E-state index is 0.0219. The molecule has 0 aromatic heterocycles. The molecule has 1 aliphatic rings. The standard InChI is InChI=1S/C12H23N3O3/c1-3-5-13-11(16)4-6-14-12(17)10-7-9(18-2)8-15-10/h9-10,15H,3-8H2,1-2H3,(H,13,16)(H,14,17). The predicted octanol–water partition coefficient (Wildman–Crippen LogP) is -0.604. The molecule has 2 amide bonds. The average molecular weight is 257 g/mol. The summed E-state index contributed by atoms with van der Waals surface area (Å²) in [6.45, 7) is 3.77. The number of nitrogens with one attached hydrogen (secondary N) is 3. The fourth-order valence-electron chi connectivity index (χ4n) is 1.86. The molecule has 104 valence electrons. The topological polar surface area (TPSA) is 79.5 Å². The molecule has 6 nitrogen and oxygen atoms in total. The van der Waals surface area contributed by atoms with Crippen molar-refractivity contribution in [2.24, 2.45) is 0 Å². The Morgan fingerprint density at radius 3 is 2.72 bits per heavy atom. The molecule has 0 saturated carbocycles. The molecule has 2 atom stereocenters. The van der Waals surface area contributed by atoms with Gasteiger partial charge < -0.3 is 20.7 Å². The highest BCUT2D eigenvalue weighted by molar-refractivity contribution is 5.83. The van der Waals surface area contributed by atoms with Crippen LogP contribution in [0.1, 0.15) is 26.2 Å². The van der Waals surface area contributed by atoms with E-state index in [-0.39, 0.29) is 24.0 Å². The molecular formula is C12H23N3O3. The number of methoxy groups -OCH3 is 1. The van der Waals surface area contributed by atoms with E-state index in [1.807, 2.05) is 6.92 Å². The van der Waals surface area contributed by atoms with Crippen LogP contribution in [0.25, 0.3) is 0 Å². The van der Waals surface area contributed by atoms with Crippen molar-refractivity contribution in [2.75, 3.05) is 26.7 Å². The SMILES string of the molecule is CCCNC(=O)CCNC(=O)C1CC(OC)CN1. The van der Waals surface area contributed by atoms with Gasteiger partial charge in [-0.25, -0.2) is 0 Å². The van der Waals surface area contributed by atoms with Crippen molar-refractivity contribution < 1.29 is 14.3 Å². The van der Waals surface area contributed by atoms with E-state index in [0.29, 0.717) is 32.5 Å². The first-order chi connectivity index (χ1) is 8.67. The fraction of sp³-hybridized carbons (Fsp3) is 0.833. The Morgan fingerprint density at radius 1 is 1.33 bits per heavy atom. The smallest absolute Gasteiger partial charge is 0.237 e. The van der Waals surface area contributed by atoms with Gasteiger partial charge in [-0.2, -0.15) is 0 Å². The third-order valence-electron chi connectivity index (χ3n) is 2.96.